The molecule has 1 nitrogen and oxygen atoms in total. The Morgan fingerprint density at radius 2 is 2.12 bits per heavy atom. The normalized spacial score (nSPS) is 40.9. The van der Waals surface area contributed by atoms with Gasteiger partial charge in [0, 0.05) is 12.6 Å². The van der Waals surface area contributed by atoms with Crippen molar-refractivity contribution in [2.45, 2.75) is 26.3 Å². The Kier molecular flexibility index (Phi) is 1.83. The molecule has 0 aromatic heterocycles. The van der Waals surface area contributed by atoms with E-state index in [-0.39, 0.29) is 0 Å². The van der Waals surface area contributed by atoms with E-state index in [1.165, 1.54) is 6.42 Å². The van der Waals surface area contributed by atoms with Crippen LogP contribution in [0.15, 0.2) is 0 Å². The molecular formula is C6H13NS. The van der Waals surface area contributed by atoms with Crippen LogP contribution in [0, 0.1) is 5.92 Å². The second-order valence-electron chi connectivity index (χ2n) is 2.81. The molecule has 48 valence electrons. The Labute approximate surface area is 56.6 Å². The lowest BCUT2D eigenvalue weighted by Crippen LogP contribution is -2.15. The monoisotopic (exact) mass is 131 g/mol. The smallest absolute Gasteiger partial charge is 0.0175 e. The molecule has 1 heterocycles. The van der Waals surface area contributed by atoms with Crippen LogP contribution in [-0.4, -0.2) is 16.9 Å². The van der Waals surface area contributed by atoms with Crippen molar-refractivity contribution < 1.29 is 0 Å². The third-order valence-electron chi connectivity index (χ3n) is 1.75. The summed E-state index contributed by atoms with van der Waals surface area (Å²) in [5.41, 5.74) is 0. The highest BCUT2D eigenvalue weighted by molar-refractivity contribution is 7.77. The molecule has 0 aromatic rings. The van der Waals surface area contributed by atoms with Crippen molar-refractivity contribution in [2.24, 2.45) is 5.92 Å². The molecule has 0 radical (unpaired) electrons. The molecule has 1 unspecified atom stereocenters. The van der Waals surface area contributed by atoms with Gasteiger partial charge in [0.1, 0.15) is 0 Å². The van der Waals surface area contributed by atoms with Gasteiger partial charge < -0.3 is 0 Å². The number of hydrogen-bond donors (Lipinski definition) is 1. The maximum Gasteiger partial charge on any atom is 0.0175 e. The highest BCUT2D eigenvalue weighted by Gasteiger charge is 2.22. The summed E-state index contributed by atoms with van der Waals surface area (Å²) in [6.45, 7) is 5.65. The lowest BCUT2D eigenvalue weighted by atomic mass is 10.1. The molecule has 2 atom stereocenters. The van der Waals surface area contributed by atoms with Gasteiger partial charge >= 0.3 is 0 Å². The zero-order valence-electron chi connectivity index (χ0n) is 5.46. The standard InChI is InChI=1S/C6H13NS/c1-5-3-6(2)7(8)4-5/h5-6,8H,3-4H2,1-2H3/t5-,6?/m0/s1. The molecule has 1 aliphatic rings. The molecule has 0 N–H and O–H groups in total. The third kappa shape index (κ3) is 1.17. The lowest BCUT2D eigenvalue weighted by Gasteiger charge is -2.10. The van der Waals surface area contributed by atoms with E-state index in [2.05, 4.69) is 31.0 Å². The van der Waals surface area contributed by atoms with Gasteiger partial charge in [-0.1, -0.05) is 19.7 Å². The number of rotatable bonds is 0. The van der Waals surface area contributed by atoms with Crippen molar-refractivity contribution >= 4 is 12.8 Å². The van der Waals surface area contributed by atoms with Crippen molar-refractivity contribution in [3.05, 3.63) is 0 Å². The predicted octanol–water partition coefficient (Wildman–Crippen LogP) is 1.56. The molecular weight excluding hydrogens is 118 g/mol. The lowest BCUT2D eigenvalue weighted by molar-refractivity contribution is 0.471. The van der Waals surface area contributed by atoms with E-state index in [0.29, 0.717) is 6.04 Å². The fourth-order valence-corrected chi connectivity index (χ4v) is 1.65. The topological polar surface area (TPSA) is 3.24 Å². The van der Waals surface area contributed by atoms with Crippen LogP contribution in [0.2, 0.25) is 0 Å². The second kappa shape index (κ2) is 2.28. The van der Waals surface area contributed by atoms with E-state index < -0.39 is 0 Å². The minimum atomic E-state index is 0.688. The van der Waals surface area contributed by atoms with Gasteiger partial charge in [0.15, 0.2) is 0 Å². The van der Waals surface area contributed by atoms with Crippen LogP contribution in [0.5, 0.6) is 0 Å². The molecule has 1 rings (SSSR count). The zero-order valence-corrected chi connectivity index (χ0v) is 6.36. The van der Waals surface area contributed by atoms with Gasteiger partial charge in [0.05, 0.1) is 0 Å². The minimum absolute atomic E-state index is 0.688. The maximum atomic E-state index is 4.28. The molecule has 0 saturated carbocycles. The number of nitrogens with zero attached hydrogens (tertiary/aromatic N) is 1. The molecule has 0 bridgehead atoms. The third-order valence-corrected chi connectivity index (χ3v) is 2.31. The van der Waals surface area contributed by atoms with Crippen LogP contribution in [0.1, 0.15) is 20.3 Å². The second-order valence-corrected chi connectivity index (χ2v) is 3.33. The Morgan fingerprint density at radius 3 is 2.25 bits per heavy atom. The van der Waals surface area contributed by atoms with E-state index in [0.717, 1.165) is 12.5 Å². The van der Waals surface area contributed by atoms with Crippen LogP contribution in [0.3, 0.4) is 0 Å². The first kappa shape index (κ1) is 6.43. The highest BCUT2D eigenvalue weighted by Crippen LogP contribution is 2.22. The van der Waals surface area contributed by atoms with Gasteiger partial charge in [-0.2, -0.15) is 0 Å². The summed E-state index contributed by atoms with van der Waals surface area (Å²) in [5.74, 6) is 0.850. The summed E-state index contributed by atoms with van der Waals surface area (Å²) >= 11 is 4.28. The van der Waals surface area contributed by atoms with Crippen molar-refractivity contribution in [1.82, 2.24) is 4.31 Å². The van der Waals surface area contributed by atoms with Gasteiger partial charge in [-0.05, 0) is 19.3 Å². The van der Waals surface area contributed by atoms with Crippen molar-refractivity contribution in [3.8, 4) is 0 Å². The molecule has 1 saturated heterocycles. The summed E-state index contributed by atoms with van der Waals surface area (Å²) in [5, 5.41) is 0. The van der Waals surface area contributed by atoms with Crippen molar-refractivity contribution in [2.75, 3.05) is 6.54 Å². The number of hydrogen-bond acceptors (Lipinski definition) is 2. The van der Waals surface area contributed by atoms with Crippen LogP contribution in [0.4, 0.5) is 0 Å². The molecule has 0 amide bonds. The highest BCUT2D eigenvalue weighted by atomic mass is 32.1. The summed E-state index contributed by atoms with van der Waals surface area (Å²) in [6.07, 6.45) is 1.31. The average molecular weight is 131 g/mol. The van der Waals surface area contributed by atoms with Crippen LogP contribution in [0.25, 0.3) is 0 Å². The van der Waals surface area contributed by atoms with Crippen LogP contribution in [-0.2, 0) is 0 Å². The molecule has 0 spiro atoms. The first-order chi connectivity index (χ1) is 3.70. The molecule has 8 heavy (non-hydrogen) atoms. The molecule has 0 aromatic carbocycles. The predicted molar refractivity (Wildman–Crippen MR) is 38.9 cm³/mol. The summed E-state index contributed by atoms with van der Waals surface area (Å²) in [4.78, 5) is 0. The van der Waals surface area contributed by atoms with E-state index >= 15 is 0 Å². The average Bonchev–Trinajstić information content (AvgIpc) is 1.85. The SMILES string of the molecule is CC1C[C@H](C)CN1S. The number of thiol groups is 1. The Hall–Kier alpha value is 0.310. The van der Waals surface area contributed by atoms with Crippen molar-refractivity contribution in [3.63, 3.8) is 0 Å². The van der Waals surface area contributed by atoms with Crippen LogP contribution >= 0.6 is 12.8 Å². The van der Waals surface area contributed by atoms with Gasteiger partial charge in [0.25, 0.3) is 0 Å². The fourth-order valence-electron chi connectivity index (χ4n) is 1.28. The van der Waals surface area contributed by atoms with Gasteiger partial charge in [-0.15, -0.1) is 0 Å². The Balaban J connectivity index is 2.39. The minimum Gasteiger partial charge on any atom is -0.250 e. The fraction of sp³-hybridized carbons (Fsp3) is 1.00. The summed E-state index contributed by atoms with van der Waals surface area (Å²) in [7, 11) is 0. The first-order valence-corrected chi connectivity index (χ1v) is 3.55. The van der Waals surface area contributed by atoms with Gasteiger partial charge in [0.2, 0.25) is 0 Å². The Bertz CT molecular complexity index is 74.6. The maximum absolute atomic E-state index is 4.28. The zero-order chi connectivity index (χ0) is 6.15. The van der Waals surface area contributed by atoms with Gasteiger partial charge in [-0.3, -0.25) is 4.31 Å². The molecule has 0 aliphatic carbocycles. The van der Waals surface area contributed by atoms with Crippen LogP contribution < -0.4 is 0 Å². The largest absolute Gasteiger partial charge is 0.250 e. The van der Waals surface area contributed by atoms with E-state index in [1.54, 1.807) is 0 Å². The first-order valence-electron chi connectivity index (χ1n) is 3.15. The van der Waals surface area contributed by atoms with E-state index in [9.17, 15) is 0 Å². The molecule has 2 heteroatoms. The summed E-state index contributed by atoms with van der Waals surface area (Å²) in [6, 6.07) is 0.688. The summed E-state index contributed by atoms with van der Waals surface area (Å²) < 4.78 is 2.12. The van der Waals surface area contributed by atoms with Gasteiger partial charge in [-0.25, -0.2) is 0 Å². The van der Waals surface area contributed by atoms with E-state index in [4.69, 9.17) is 0 Å². The quantitative estimate of drug-likeness (QED) is 0.488. The molecule has 1 fully saturated rings. The van der Waals surface area contributed by atoms with E-state index in [1.807, 2.05) is 0 Å². The van der Waals surface area contributed by atoms with Crippen molar-refractivity contribution in [1.29, 1.82) is 0 Å². The Morgan fingerprint density at radius 1 is 1.50 bits per heavy atom. The molecule has 1 aliphatic heterocycles.